The van der Waals surface area contributed by atoms with Crippen molar-refractivity contribution in [3.8, 4) is 0 Å². The van der Waals surface area contributed by atoms with Crippen LogP contribution >= 0.6 is 11.6 Å². The second kappa shape index (κ2) is 4.90. The minimum Gasteiger partial charge on any atom is -0.360 e. The third-order valence-electron chi connectivity index (χ3n) is 2.64. The second-order valence-electron chi connectivity index (χ2n) is 4.50. The van der Waals surface area contributed by atoms with Gasteiger partial charge in [0.15, 0.2) is 5.15 Å². The van der Waals surface area contributed by atoms with Crippen LogP contribution in [0.5, 0.6) is 0 Å². The Balaban J connectivity index is 2.20. The standard InChI is InChI=1S/C13H13ClFN3/c1-13(2,9-3-5-10(15)6-4-9)16-12-8-7-11(14)17-18-12/h3-8H,1-2H3,(H,16,18). The van der Waals surface area contributed by atoms with Crippen LogP contribution in [-0.4, -0.2) is 10.2 Å². The van der Waals surface area contributed by atoms with Crippen molar-refractivity contribution in [1.29, 1.82) is 0 Å². The van der Waals surface area contributed by atoms with E-state index >= 15 is 0 Å². The number of nitrogens with one attached hydrogen (secondary N) is 1. The molecule has 0 amide bonds. The van der Waals surface area contributed by atoms with Gasteiger partial charge in [-0.25, -0.2) is 4.39 Å². The van der Waals surface area contributed by atoms with Gasteiger partial charge in [-0.3, -0.25) is 0 Å². The highest BCUT2D eigenvalue weighted by Crippen LogP contribution is 2.24. The van der Waals surface area contributed by atoms with Gasteiger partial charge >= 0.3 is 0 Å². The van der Waals surface area contributed by atoms with Gasteiger partial charge in [0.1, 0.15) is 11.6 Å². The first kappa shape index (κ1) is 12.8. The van der Waals surface area contributed by atoms with Gasteiger partial charge in [0.25, 0.3) is 0 Å². The van der Waals surface area contributed by atoms with Gasteiger partial charge in [-0.2, -0.15) is 0 Å². The number of hydrogen-bond donors (Lipinski definition) is 1. The largest absolute Gasteiger partial charge is 0.360 e. The molecule has 0 saturated carbocycles. The lowest BCUT2D eigenvalue weighted by Crippen LogP contribution is -2.28. The number of halogens is 2. The predicted octanol–water partition coefficient (Wildman–Crippen LogP) is 3.62. The lowest BCUT2D eigenvalue weighted by molar-refractivity contribution is 0.594. The topological polar surface area (TPSA) is 37.8 Å². The zero-order valence-electron chi connectivity index (χ0n) is 10.1. The fourth-order valence-corrected chi connectivity index (χ4v) is 1.74. The highest BCUT2D eigenvalue weighted by Gasteiger charge is 2.20. The van der Waals surface area contributed by atoms with E-state index in [2.05, 4.69) is 15.5 Å². The SMILES string of the molecule is CC(C)(Nc1ccc(Cl)nn1)c1ccc(F)cc1. The number of hydrogen-bond acceptors (Lipinski definition) is 3. The molecule has 1 N–H and O–H groups in total. The van der Waals surface area contributed by atoms with Crippen molar-refractivity contribution in [3.05, 3.63) is 52.9 Å². The van der Waals surface area contributed by atoms with Gasteiger partial charge in [-0.15, -0.1) is 10.2 Å². The molecule has 0 saturated heterocycles. The minimum atomic E-state index is -0.379. The monoisotopic (exact) mass is 265 g/mol. The molecule has 0 spiro atoms. The second-order valence-corrected chi connectivity index (χ2v) is 4.89. The first-order valence-electron chi connectivity index (χ1n) is 5.51. The smallest absolute Gasteiger partial charge is 0.151 e. The van der Waals surface area contributed by atoms with E-state index < -0.39 is 0 Å². The minimum absolute atomic E-state index is 0.249. The van der Waals surface area contributed by atoms with Gasteiger partial charge in [0, 0.05) is 0 Å². The molecule has 2 aromatic rings. The summed E-state index contributed by atoms with van der Waals surface area (Å²) >= 11 is 5.67. The van der Waals surface area contributed by atoms with Crippen molar-refractivity contribution in [2.45, 2.75) is 19.4 Å². The average Bonchev–Trinajstić information content (AvgIpc) is 2.32. The quantitative estimate of drug-likeness (QED) is 0.921. The Hall–Kier alpha value is -1.68. The van der Waals surface area contributed by atoms with Gasteiger partial charge in [0.05, 0.1) is 5.54 Å². The van der Waals surface area contributed by atoms with Crippen LogP contribution in [0.15, 0.2) is 36.4 Å². The fourth-order valence-electron chi connectivity index (χ4n) is 1.64. The molecule has 0 aliphatic rings. The Morgan fingerprint density at radius 2 is 1.72 bits per heavy atom. The summed E-state index contributed by atoms with van der Waals surface area (Å²) in [6.07, 6.45) is 0. The zero-order valence-corrected chi connectivity index (χ0v) is 10.9. The van der Waals surface area contributed by atoms with E-state index in [4.69, 9.17) is 11.6 Å². The number of nitrogens with zero attached hydrogens (tertiary/aromatic N) is 2. The van der Waals surface area contributed by atoms with Crippen molar-refractivity contribution >= 4 is 17.4 Å². The predicted molar refractivity (Wildman–Crippen MR) is 70.1 cm³/mol. The normalized spacial score (nSPS) is 11.3. The molecule has 94 valence electrons. The zero-order chi connectivity index (χ0) is 13.2. The molecule has 1 aromatic carbocycles. The lowest BCUT2D eigenvalue weighted by atomic mass is 9.94. The van der Waals surface area contributed by atoms with Crippen molar-refractivity contribution in [3.63, 3.8) is 0 Å². The van der Waals surface area contributed by atoms with Crippen molar-refractivity contribution < 1.29 is 4.39 Å². The van der Waals surface area contributed by atoms with Gasteiger partial charge < -0.3 is 5.32 Å². The Bertz CT molecular complexity index is 523. The van der Waals surface area contributed by atoms with Crippen LogP contribution in [0.1, 0.15) is 19.4 Å². The summed E-state index contributed by atoms with van der Waals surface area (Å²) in [4.78, 5) is 0. The van der Waals surface area contributed by atoms with E-state index in [1.165, 1.54) is 12.1 Å². The van der Waals surface area contributed by atoms with Crippen LogP contribution in [0.2, 0.25) is 5.15 Å². The third-order valence-corrected chi connectivity index (χ3v) is 2.84. The maximum atomic E-state index is 12.9. The lowest BCUT2D eigenvalue weighted by Gasteiger charge is -2.27. The summed E-state index contributed by atoms with van der Waals surface area (Å²) in [5.41, 5.74) is 0.580. The van der Waals surface area contributed by atoms with Crippen LogP contribution in [0.3, 0.4) is 0 Å². The highest BCUT2D eigenvalue weighted by molar-refractivity contribution is 6.29. The number of aromatic nitrogens is 2. The van der Waals surface area contributed by atoms with E-state index in [-0.39, 0.29) is 11.4 Å². The molecule has 0 radical (unpaired) electrons. The van der Waals surface area contributed by atoms with E-state index in [0.29, 0.717) is 11.0 Å². The summed E-state index contributed by atoms with van der Waals surface area (Å²) in [5, 5.41) is 11.3. The van der Waals surface area contributed by atoms with Crippen LogP contribution in [-0.2, 0) is 5.54 Å². The first-order chi connectivity index (χ1) is 8.47. The number of anilines is 1. The van der Waals surface area contributed by atoms with Gasteiger partial charge in [-0.05, 0) is 43.7 Å². The van der Waals surface area contributed by atoms with Crippen LogP contribution < -0.4 is 5.32 Å². The molecule has 0 bridgehead atoms. The van der Waals surface area contributed by atoms with Crippen molar-refractivity contribution in [2.24, 2.45) is 0 Å². The van der Waals surface area contributed by atoms with E-state index in [1.54, 1.807) is 24.3 Å². The molecular weight excluding hydrogens is 253 g/mol. The number of rotatable bonds is 3. The average molecular weight is 266 g/mol. The Labute approximate surface area is 110 Å². The Morgan fingerprint density at radius 1 is 1.06 bits per heavy atom. The molecule has 0 unspecified atom stereocenters. The summed E-state index contributed by atoms with van der Waals surface area (Å²) in [6, 6.07) is 9.77. The van der Waals surface area contributed by atoms with Crippen LogP contribution in [0.4, 0.5) is 10.2 Å². The molecule has 1 heterocycles. The van der Waals surface area contributed by atoms with E-state index in [1.807, 2.05) is 13.8 Å². The number of benzene rings is 1. The maximum absolute atomic E-state index is 12.9. The van der Waals surface area contributed by atoms with Crippen LogP contribution in [0, 0.1) is 5.82 Å². The van der Waals surface area contributed by atoms with Crippen molar-refractivity contribution in [1.82, 2.24) is 10.2 Å². The highest BCUT2D eigenvalue weighted by atomic mass is 35.5. The maximum Gasteiger partial charge on any atom is 0.151 e. The summed E-state index contributed by atoms with van der Waals surface area (Å²) in [6.45, 7) is 3.97. The molecule has 2 rings (SSSR count). The fraction of sp³-hybridized carbons (Fsp3) is 0.231. The van der Waals surface area contributed by atoms with E-state index in [0.717, 1.165) is 5.56 Å². The molecule has 0 fully saturated rings. The first-order valence-corrected chi connectivity index (χ1v) is 5.89. The van der Waals surface area contributed by atoms with Crippen LogP contribution in [0.25, 0.3) is 0 Å². The van der Waals surface area contributed by atoms with Gasteiger partial charge in [0.2, 0.25) is 0 Å². The molecule has 3 nitrogen and oxygen atoms in total. The molecule has 18 heavy (non-hydrogen) atoms. The molecule has 1 aromatic heterocycles. The Morgan fingerprint density at radius 3 is 2.28 bits per heavy atom. The van der Waals surface area contributed by atoms with Crippen molar-refractivity contribution in [2.75, 3.05) is 5.32 Å². The molecule has 0 aliphatic heterocycles. The Kier molecular flexibility index (Phi) is 3.48. The third kappa shape index (κ3) is 2.96. The summed E-state index contributed by atoms with van der Waals surface area (Å²) in [5.74, 6) is 0.370. The molecular formula is C13H13ClFN3. The molecule has 0 aliphatic carbocycles. The summed E-state index contributed by atoms with van der Waals surface area (Å²) in [7, 11) is 0. The van der Waals surface area contributed by atoms with E-state index in [9.17, 15) is 4.39 Å². The van der Waals surface area contributed by atoms with Gasteiger partial charge in [-0.1, -0.05) is 23.7 Å². The molecule has 0 atom stereocenters. The summed E-state index contributed by atoms with van der Waals surface area (Å²) < 4.78 is 12.9. The molecule has 5 heteroatoms.